The SMILES string of the molecule is O=C1NCC1C(c1ccccc1)c1ccccc1. The van der Waals surface area contributed by atoms with Gasteiger partial charge in [0.1, 0.15) is 0 Å². The highest BCUT2D eigenvalue weighted by Crippen LogP contribution is 2.34. The van der Waals surface area contributed by atoms with Gasteiger partial charge in [0, 0.05) is 12.5 Å². The summed E-state index contributed by atoms with van der Waals surface area (Å²) in [6, 6.07) is 20.5. The van der Waals surface area contributed by atoms with E-state index in [9.17, 15) is 4.79 Å². The summed E-state index contributed by atoms with van der Waals surface area (Å²) >= 11 is 0. The molecule has 0 saturated carbocycles. The predicted molar refractivity (Wildman–Crippen MR) is 71.2 cm³/mol. The molecule has 1 aliphatic rings. The number of benzene rings is 2. The van der Waals surface area contributed by atoms with Crippen molar-refractivity contribution in [3.8, 4) is 0 Å². The van der Waals surface area contributed by atoms with Crippen molar-refractivity contribution in [2.75, 3.05) is 6.54 Å². The Morgan fingerprint density at radius 1 is 0.889 bits per heavy atom. The Labute approximate surface area is 107 Å². The second-order valence-corrected chi connectivity index (χ2v) is 4.65. The summed E-state index contributed by atoms with van der Waals surface area (Å²) in [4.78, 5) is 11.7. The first-order valence-corrected chi connectivity index (χ1v) is 6.24. The van der Waals surface area contributed by atoms with Gasteiger partial charge >= 0.3 is 0 Å². The van der Waals surface area contributed by atoms with Crippen molar-refractivity contribution in [3.63, 3.8) is 0 Å². The maximum absolute atomic E-state index is 11.7. The van der Waals surface area contributed by atoms with E-state index in [1.165, 1.54) is 11.1 Å². The van der Waals surface area contributed by atoms with Gasteiger partial charge in [0.2, 0.25) is 5.91 Å². The second kappa shape index (κ2) is 4.65. The van der Waals surface area contributed by atoms with Gasteiger partial charge in [-0.3, -0.25) is 4.79 Å². The van der Waals surface area contributed by atoms with E-state index in [2.05, 4.69) is 29.6 Å². The number of nitrogens with one attached hydrogen (secondary N) is 1. The summed E-state index contributed by atoms with van der Waals surface area (Å²) in [7, 11) is 0. The molecule has 2 aromatic rings. The second-order valence-electron chi connectivity index (χ2n) is 4.65. The quantitative estimate of drug-likeness (QED) is 0.817. The third-order valence-electron chi connectivity index (χ3n) is 3.55. The summed E-state index contributed by atoms with van der Waals surface area (Å²) < 4.78 is 0. The van der Waals surface area contributed by atoms with Crippen LogP contribution in [-0.4, -0.2) is 12.5 Å². The molecular weight excluding hydrogens is 222 g/mol. The van der Waals surface area contributed by atoms with Gasteiger partial charge in [-0.15, -0.1) is 0 Å². The molecule has 90 valence electrons. The van der Waals surface area contributed by atoms with E-state index < -0.39 is 0 Å². The van der Waals surface area contributed by atoms with Gasteiger partial charge in [0.15, 0.2) is 0 Å². The van der Waals surface area contributed by atoms with Gasteiger partial charge in [0.25, 0.3) is 0 Å². The van der Waals surface area contributed by atoms with Gasteiger partial charge in [-0.25, -0.2) is 0 Å². The van der Waals surface area contributed by atoms with E-state index in [1.807, 2.05) is 36.4 Å². The zero-order valence-electron chi connectivity index (χ0n) is 10.0. The molecule has 2 aromatic carbocycles. The number of carbonyl (C=O) groups is 1. The van der Waals surface area contributed by atoms with Gasteiger partial charge in [-0.05, 0) is 11.1 Å². The number of β-lactam (4-membered cyclic amide) rings is 1. The summed E-state index contributed by atoms with van der Waals surface area (Å²) in [6.07, 6.45) is 0. The van der Waals surface area contributed by atoms with Crippen LogP contribution in [0.25, 0.3) is 0 Å². The van der Waals surface area contributed by atoms with E-state index in [1.54, 1.807) is 0 Å². The van der Waals surface area contributed by atoms with Gasteiger partial charge in [-0.1, -0.05) is 60.7 Å². The number of hydrogen-bond acceptors (Lipinski definition) is 1. The van der Waals surface area contributed by atoms with Crippen molar-refractivity contribution in [3.05, 3.63) is 71.8 Å². The summed E-state index contributed by atoms with van der Waals surface area (Å²) in [5.74, 6) is 0.392. The van der Waals surface area contributed by atoms with Crippen LogP contribution in [0, 0.1) is 5.92 Å². The van der Waals surface area contributed by atoms with Gasteiger partial charge < -0.3 is 5.32 Å². The Kier molecular flexibility index (Phi) is 2.85. The highest BCUT2D eigenvalue weighted by Gasteiger charge is 2.36. The fourth-order valence-corrected chi connectivity index (χ4v) is 2.55. The molecule has 0 radical (unpaired) electrons. The fourth-order valence-electron chi connectivity index (χ4n) is 2.55. The Morgan fingerprint density at radius 2 is 1.39 bits per heavy atom. The minimum absolute atomic E-state index is 0.0646. The average molecular weight is 237 g/mol. The Morgan fingerprint density at radius 3 is 1.72 bits per heavy atom. The first-order valence-electron chi connectivity index (χ1n) is 6.24. The van der Waals surface area contributed by atoms with Crippen molar-refractivity contribution in [2.45, 2.75) is 5.92 Å². The normalized spacial score (nSPS) is 18.3. The van der Waals surface area contributed by atoms with Crippen LogP contribution in [0.1, 0.15) is 17.0 Å². The molecule has 18 heavy (non-hydrogen) atoms. The lowest BCUT2D eigenvalue weighted by Gasteiger charge is -2.34. The van der Waals surface area contributed by atoms with E-state index >= 15 is 0 Å². The number of carbonyl (C=O) groups excluding carboxylic acids is 1. The van der Waals surface area contributed by atoms with Gasteiger partial charge in [0.05, 0.1) is 5.92 Å². The molecule has 2 nitrogen and oxygen atoms in total. The lowest BCUT2D eigenvalue weighted by molar-refractivity contribution is -0.131. The van der Waals surface area contributed by atoms with Crippen molar-refractivity contribution >= 4 is 5.91 Å². The molecule has 2 heteroatoms. The summed E-state index contributed by atoms with van der Waals surface area (Å²) in [5, 5.41) is 2.84. The van der Waals surface area contributed by atoms with E-state index in [4.69, 9.17) is 0 Å². The molecule has 0 aromatic heterocycles. The monoisotopic (exact) mass is 237 g/mol. The maximum Gasteiger partial charge on any atom is 0.225 e. The largest absolute Gasteiger partial charge is 0.355 e. The Balaban J connectivity index is 2.02. The number of amides is 1. The molecule has 1 saturated heterocycles. The molecule has 1 unspecified atom stereocenters. The molecule has 0 spiro atoms. The molecule has 3 rings (SSSR count). The lowest BCUT2D eigenvalue weighted by atomic mass is 9.77. The smallest absolute Gasteiger partial charge is 0.225 e. The van der Waals surface area contributed by atoms with Crippen LogP contribution in [0.4, 0.5) is 0 Å². The van der Waals surface area contributed by atoms with Crippen LogP contribution in [0.5, 0.6) is 0 Å². The predicted octanol–water partition coefficient (Wildman–Crippen LogP) is 2.56. The third kappa shape index (κ3) is 1.90. The zero-order chi connectivity index (χ0) is 12.4. The minimum atomic E-state index is 0.0646. The van der Waals surface area contributed by atoms with Crippen molar-refractivity contribution < 1.29 is 4.79 Å². The Hall–Kier alpha value is -2.09. The van der Waals surface area contributed by atoms with Crippen LogP contribution < -0.4 is 5.32 Å². The van der Waals surface area contributed by atoms with Gasteiger partial charge in [-0.2, -0.15) is 0 Å². The van der Waals surface area contributed by atoms with Crippen molar-refractivity contribution in [1.29, 1.82) is 0 Å². The fraction of sp³-hybridized carbons (Fsp3) is 0.188. The molecule has 1 N–H and O–H groups in total. The molecule has 1 heterocycles. The average Bonchev–Trinajstić information content (AvgIpc) is 2.45. The van der Waals surface area contributed by atoms with Crippen LogP contribution in [0.15, 0.2) is 60.7 Å². The number of hydrogen-bond donors (Lipinski definition) is 1. The molecule has 0 bridgehead atoms. The molecule has 1 amide bonds. The zero-order valence-corrected chi connectivity index (χ0v) is 10.0. The van der Waals surface area contributed by atoms with E-state index in [0.717, 1.165) is 6.54 Å². The summed E-state index contributed by atoms with van der Waals surface area (Å²) in [5.41, 5.74) is 2.42. The first-order chi connectivity index (χ1) is 8.86. The van der Waals surface area contributed by atoms with Crippen LogP contribution in [0.3, 0.4) is 0 Å². The van der Waals surface area contributed by atoms with Crippen LogP contribution in [0.2, 0.25) is 0 Å². The number of rotatable bonds is 3. The van der Waals surface area contributed by atoms with Crippen molar-refractivity contribution in [1.82, 2.24) is 5.32 Å². The molecular formula is C16H15NO. The molecule has 0 aliphatic carbocycles. The highest BCUT2D eigenvalue weighted by molar-refractivity contribution is 5.86. The van der Waals surface area contributed by atoms with Crippen molar-refractivity contribution in [2.24, 2.45) is 5.92 Å². The summed E-state index contributed by atoms with van der Waals surface area (Å²) in [6.45, 7) is 0.771. The topological polar surface area (TPSA) is 29.1 Å². The van der Waals surface area contributed by atoms with Crippen LogP contribution >= 0.6 is 0 Å². The maximum atomic E-state index is 11.7. The van der Waals surface area contributed by atoms with Crippen LogP contribution in [-0.2, 0) is 4.79 Å². The third-order valence-corrected chi connectivity index (χ3v) is 3.55. The standard InChI is InChI=1S/C16H15NO/c18-16-14(11-17-16)15(12-7-3-1-4-8-12)13-9-5-2-6-10-13/h1-10,14-15H,11H2,(H,17,18). The first kappa shape index (κ1) is 11.0. The van der Waals surface area contributed by atoms with E-state index in [-0.39, 0.29) is 17.7 Å². The minimum Gasteiger partial charge on any atom is -0.355 e. The molecule has 1 atom stereocenters. The molecule has 1 fully saturated rings. The lowest BCUT2D eigenvalue weighted by Crippen LogP contribution is -2.51. The Bertz CT molecular complexity index is 496. The van der Waals surface area contributed by atoms with E-state index in [0.29, 0.717) is 0 Å². The molecule has 1 aliphatic heterocycles. The highest BCUT2D eigenvalue weighted by atomic mass is 16.2.